The molecule has 0 spiro atoms. The summed E-state index contributed by atoms with van der Waals surface area (Å²) in [5.74, 6) is 0. The van der Waals surface area contributed by atoms with Gasteiger partial charge in [-0.3, -0.25) is 0 Å². The van der Waals surface area contributed by atoms with Gasteiger partial charge in [-0.15, -0.1) is 0 Å². The van der Waals surface area contributed by atoms with Gasteiger partial charge in [0.25, 0.3) is 0 Å². The van der Waals surface area contributed by atoms with Crippen molar-refractivity contribution in [1.82, 2.24) is 5.32 Å². The molecule has 3 nitrogen and oxygen atoms in total. The van der Waals surface area contributed by atoms with E-state index < -0.39 is 9.28 Å². The van der Waals surface area contributed by atoms with Gasteiger partial charge in [-0.05, 0) is 27.2 Å². The summed E-state index contributed by atoms with van der Waals surface area (Å²) in [6, 6.07) is 1.48. The van der Waals surface area contributed by atoms with Crippen LogP contribution in [0.5, 0.6) is 0 Å². The number of nitrogens with one attached hydrogen (secondary N) is 1. The molecule has 4 heteroatoms. The first-order valence-corrected chi connectivity index (χ1v) is 6.66. The lowest BCUT2D eigenvalue weighted by molar-refractivity contribution is 0.264. The summed E-state index contributed by atoms with van der Waals surface area (Å²) >= 11 is 0. The SMILES string of the molecule is CCC(C[Si](OC)OC)NC(C)(C)C. The highest BCUT2D eigenvalue weighted by molar-refractivity contribution is 6.44. The Labute approximate surface area is 90.0 Å². The van der Waals surface area contributed by atoms with Crippen molar-refractivity contribution in [2.75, 3.05) is 14.2 Å². The standard InChI is InChI=1S/C10H24NO2Si/c1-7-9(11-10(2,3)4)8-14(12-5)13-6/h9,11H,7-8H2,1-6H3. The summed E-state index contributed by atoms with van der Waals surface area (Å²) in [6.07, 6.45) is 1.11. The second-order valence-electron chi connectivity index (χ2n) is 4.48. The Hall–Kier alpha value is 0.0969. The minimum absolute atomic E-state index is 0.162. The van der Waals surface area contributed by atoms with Gasteiger partial charge in [0.2, 0.25) is 0 Å². The molecule has 0 aromatic rings. The highest BCUT2D eigenvalue weighted by Gasteiger charge is 2.22. The summed E-state index contributed by atoms with van der Waals surface area (Å²) in [5.41, 5.74) is 0.162. The fourth-order valence-corrected chi connectivity index (χ4v) is 2.65. The van der Waals surface area contributed by atoms with E-state index >= 15 is 0 Å². The molecular formula is C10H24NO2Si. The van der Waals surface area contributed by atoms with Crippen LogP contribution in [0.4, 0.5) is 0 Å². The Morgan fingerprint density at radius 3 is 2.00 bits per heavy atom. The molecule has 0 aliphatic carbocycles. The van der Waals surface area contributed by atoms with Gasteiger partial charge in [0, 0.05) is 31.8 Å². The summed E-state index contributed by atoms with van der Waals surface area (Å²) in [7, 11) is 2.38. The molecule has 0 aliphatic rings. The van der Waals surface area contributed by atoms with Crippen molar-refractivity contribution in [1.29, 1.82) is 0 Å². The van der Waals surface area contributed by atoms with Gasteiger partial charge >= 0.3 is 9.28 Å². The number of hydrogen-bond donors (Lipinski definition) is 1. The average molecular weight is 218 g/mol. The van der Waals surface area contributed by atoms with E-state index in [-0.39, 0.29) is 5.54 Å². The van der Waals surface area contributed by atoms with Crippen molar-refractivity contribution in [3.05, 3.63) is 0 Å². The van der Waals surface area contributed by atoms with E-state index in [4.69, 9.17) is 8.85 Å². The quantitative estimate of drug-likeness (QED) is 0.691. The second-order valence-corrected chi connectivity index (χ2v) is 6.45. The summed E-state index contributed by atoms with van der Waals surface area (Å²) in [4.78, 5) is 0. The van der Waals surface area contributed by atoms with Crippen LogP contribution >= 0.6 is 0 Å². The molecule has 1 atom stereocenters. The zero-order valence-corrected chi connectivity index (χ0v) is 11.3. The van der Waals surface area contributed by atoms with Crippen LogP contribution in [-0.2, 0) is 8.85 Å². The van der Waals surface area contributed by atoms with Gasteiger partial charge < -0.3 is 14.2 Å². The Bertz CT molecular complexity index is 144. The van der Waals surface area contributed by atoms with Crippen LogP contribution in [0.25, 0.3) is 0 Å². The van der Waals surface area contributed by atoms with Crippen LogP contribution in [0.15, 0.2) is 0 Å². The smallest absolute Gasteiger partial charge is 0.385 e. The van der Waals surface area contributed by atoms with Crippen LogP contribution in [-0.4, -0.2) is 35.1 Å². The minimum Gasteiger partial charge on any atom is -0.397 e. The predicted molar refractivity (Wildman–Crippen MR) is 61.5 cm³/mol. The lowest BCUT2D eigenvalue weighted by Gasteiger charge is -2.28. The molecule has 1 radical (unpaired) electrons. The zero-order chi connectivity index (χ0) is 11.2. The third kappa shape index (κ3) is 6.54. The normalized spacial score (nSPS) is 14.8. The molecule has 0 saturated heterocycles. The molecule has 0 fully saturated rings. The molecule has 0 aliphatic heterocycles. The topological polar surface area (TPSA) is 30.5 Å². The Kier molecular flexibility index (Phi) is 6.60. The predicted octanol–water partition coefficient (Wildman–Crippen LogP) is 1.93. The first-order chi connectivity index (χ1) is 6.42. The zero-order valence-electron chi connectivity index (χ0n) is 10.3. The summed E-state index contributed by atoms with van der Waals surface area (Å²) in [6.45, 7) is 8.74. The maximum Gasteiger partial charge on any atom is 0.385 e. The van der Waals surface area contributed by atoms with E-state index in [1.165, 1.54) is 0 Å². The molecule has 0 heterocycles. The van der Waals surface area contributed by atoms with E-state index in [2.05, 4.69) is 33.0 Å². The van der Waals surface area contributed by atoms with Crippen molar-refractivity contribution in [3.63, 3.8) is 0 Å². The van der Waals surface area contributed by atoms with Crippen molar-refractivity contribution in [2.24, 2.45) is 0 Å². The Morgan fingerprint density at radius 2 is 1.71 bits per heavy atom. The van der Waals surface area contributed by atoms with Crippen LogP contribution in [0.3, 0.4) is 0 Å². The van der Waals surface area contributed by atoms with Crippen LogP contribution in [0.2, 0.25) is 6.04 Å². The molecule has 0 amide bonds. The lowest BCUT2D eigenvalue weighted by Crippen LogP contribution is -2.45. The summed E-state index contributed by atoms with van der Waals surface area (Å²) in [5, 5.41) is 3.57. The third-order valence-corrected chi connectivity index (χ3v) is 3.74. The van der Waals surface area contributed by atoms with E-state index in [0.29, 0.717) is 6.04 Å². The van der Waals surface area contributed by atoms with Crippen LogP contribution in [0, 0.1) is 0 Å². The van der Waals surface area contributed by atoms with Crippen molar-refractivity contribution < 1.29 is 8.85 Å². The molecule has 0 saturated carbocycles. The van der Waals surface area contributed by atoms with Gasteiger partial charge in [-0.25, -0.2) is 0 Å². The van der Waals surface area contributed by atoms with E-state index in [1.54, 1.807) is 14.2 Å². The lowest BCUT2D eigenvalue weighted by atomic mass is 10.1. The third-order valence-electron chi connectivity index (χ3n) is 2.00. The molecule has 0 rings (SSSR count). The van der Waals surface area contributed by atoms with Gasteiger partial charge in [0.05, 0.1) is 0 Å². The fraction of sp³-hybridized carbons (Fsp3) is 1.00. The van der Waals surface area contributed by atoms with Crippen molar-refractivity contribution in [3.8, 4) is 0 Å². The number of rotatable bonds is 6. The molecule has 1 unspecified atom stereocenters. The minimum atomic E-state index is -1.07. The van der Waals surface area contributed by atoms with Gasteiger partial charge in [-0.2, -0.15) is 0 Å². The van der Waals surface area contributed by atoms with Crippen LogP contribution < -0.4 is 5.32 Å². The maximum absolute atomic E-state index is 5.29. The van der Waals surface area contributed by atoms with Crippen LogP contribution in [0.1, 0.15) is 34.1 Å². The van der Waals surface area contributed by atoms with Gasteiger partial charge in [0.1, 0.15) is 0 Å². The van der Waals surface area contributed by atoms with E-state index in [1.807, 2.05) is 0 Å². The van der Waals surface area contributed by atoms with Crippen molar-refractivity contribution in [2.45, 2.75) is 51.7 Å². The highest BCUT2D eigenvalue weighted by Crippen LogP contribution is 2.10. The number of hydrogen-bond acceptors (Lipinski definition) is 3. The van der Waals surface area contributed by atoms with Crippen molar-refractivity contribution >= 4 is 9.28 Å². The Balaban J connectivity index is 4.01. The van der Waals surface area contributed by atoms with Gasteiger partial charge in [0.15, 0.2) is 0 Å². The molecule has 0 aromatic carbocycles. The second kappa shape index (κ2) is 6.56. The monoisotopic (exact) mass is 218 g/mol. The first kappa shape index (κ1) is 14.1. The van der Waals surface area contributed by atoms with E-state index in [9.17, 15) is 0 Å². The largest absolute Gasteiger partial charge is 0.397 e. The van der Waals surface area contributed by atoms with Gasteiger partial charge in [-0.1, -0.05) is 6.92 Å². The van der Waals surface area contributed by atoms with E-state index in [0.717, 1.165) is 12.5 Å². The highest BCUT2D eigenvalue weighted by atomic mass is 28.3. The Morgan fingerprint density at radius 1 is 1.21 bits per heavy atom. The fourth-order valence-electron chi connectivity index (χ4n) is 1.36. The first-order valence-electron chi connectivity index (χ1n) is 5.14. The molecule has 0 bridgehead atoms. The average Bonchev–Trinajstić information content (AvgIpc) is 2.10. The molecule has 1 N–H and O–H groups in total. The summed E-state index contributed by atoms with van der Waals surface area (Å²) < 4.78 is 10.6. The maximum atomic E-state index is 5.29. The molecular weight excluding hydrogens is 194 g/mol. The molecule has 14 heavy (non-hydrogen) atoms. The molecule has 85 valence electrons. The molecule has 0 aromatic heterocycles.